The van der Waals surface area contributed by atoms with Crippen molar-refractivity contribution in [2.45, 2.75) is 38.9 Å². The summed E-state index contributed by atoms with van der Waals surface area (Å²) in [6.07, 6.45) is 0. The summed E-state index contributed by atoms with van der Waals surface area (Å²) in [5, 5.41) is 5.51. The molecule has 35 heavy (non-hydrogen) atoms. The van der Waals surface area contributed by atoms with Crippen molar-refractivity contribution in [2.75, 3.05) is 0 Å². The van der Waals surface area contributed by atoms with E-state index in [1.165, 1.54) is 11.3 Å². The van der Waals surface area contributed by atoms with Crippen LogP contribution in [0.25, 0.3) is 11.3 Å². The van der Waals surface area contributed by atoms with Crippen LogP contribution in [0.3, 0.4) is 0 Å². The van der Waals surface area contributed by atoms with Crippen LogP contribution in [0.2, 0.25) is 5.02 Å². The van der Waals surface area contributed by atoms with Crippen molar-refractivity contribution in [1.29, 1.82) is 0 Å². The number of H-pyrrole nitrogens is 1. The molecule has 2 aromatic heterocycles. The molecular weight excluding hydrogens is 478 g/mol. The molecule has 0 radical (unpaired) electrons. The van der Waals surface area contributed by atoms with Crippen molar-refractivity contribution in [3.8, 4) is 11.3 Å². The fourth-order valence-electron chi connectivity index (χ4n) is 3.86. The maximum Gasteiger partial charge on any atom is 0.271 e. The minimum absolute atomic E-state index is 0.179. The van der Waals surface area contributed by atoms with Crippen LogP contribution in [-0.4, -0.2) is 27.2 Å². The van der Waals surface area contributed by atoms with Crippen molar-refractivity contribution in [3.63, 3.8) is 0 Å². The lowest BCUT2D eigenvalue weighted by atomic mass is 10.1. The predicted molar refractivity (Wildman–Crippen MR) is 143 cm³/mol. The fourth-order valence-corrected chi connectivity index (χ4v) is 4.89. The average molecular weight is 506 g/mol. The van der Waals surface area contributed by atoms with Crippen molar-refractivity contribution in [2.24, 2.45) is 0 Å². The molecule has 0 fully saturated rings. The Kier molecular flexibility index (Phi) is 7.43. The van der Waals surface area contributed by atoms with Crippen LogP contribution in [0.1, 0.15) is 47.7 Å². The van der Waals surface area contributed by atoms with Gasteiger partial charge in [-0.25, -0.2) is 0 Å². The van der Waals surface area contributed by atoms with Crippen LogP contribution in [0.5, 0.6) is 0 Å². The van der Waals surface area contributed by atoms with Gasteiger partial charge in [-0.05, 0) is 61.5 Å². The standard InChI is InChI=1S/C28H28ClN3O2S/c1-28(2,3)31-26(33)25(24-14-9-17-35-24)32(18-20-12-7-8-13-21(20)29)27(34)23-16-15-22(30-23)19-10-5-4-6-11-19/h4-17,25,30H,18H2,1-3H3,(H,31,33). The molecule has 0 saturated carbocycles. The third-order valence-electron chi connectivity index (χ3n) is 5.43. The number of halogens is 1. The molecule has 1 unspecified atom stereocenters. The number of hydrogen-bond donors (Lipinski definition) is 2. The lowest BCUT2D eigenvalue weighted by molar-refractivity contribution is -0.127. The molecule has 2 amide bonds. The van der Waals surface area contributed by atoms with Crippen LogP contribution < -0.4 is 5.32 Å². The van der Waals surface area contributed by atoms with Crippen LogP contribution in [-0.2, 0) is 11.3 Å². The molecule has 4 rings (SSSR count). The molecule has 2 aromatic carbocycles. The van der Waals surface area contributed by atoms with E-state index in [9.17, 15) is 9.59 Å². The van der Waals surface area contributed by atoms with Gasteiger partial charge in [-0.1, -0.05) is 66.2 Å². The molecule has 7 heteroatoms. The summed E-state index contributed by atoms with van der Waals surface area (Å²) in [6.45, 7) is 5.95. The zero-order valence-corrected chi connectivity index (χ0v) is 21.5. The van der Waals surface area contributed by atoms with Gasteiger partial charge < -0.3 is 15.2 Å². The van der Waals surface area contributed by atoms with Gasteiger partial charge in [0.1, 0.15) is 11.7 Å². The zero-order chi connectivity index (χ0) is 25.0. The van der Waals surface area contributed by atoms with Gasteiger partial charge in [0.05, 0.1) is 0 Å². The molecular formula is C28H28ClN3O2S. The molecule has 0 aliphatic heterocycles. The summed E-state index contributed by atoms with van der Waals surface area (Å²) in [4.78, 5) is 33.2. The minimum atomic E-state index is -0.818. The van der Waals surface area contributed by atoms with E-state index in [1.807, 2.05) is 92.9 Å². The topological polar surface area (TPSA) is 65.2 Å². The van der Waals surface area contributed by atoms with E-state index in [-0.39, 0.29) is 18.4 Å². The van der Waals surface area contributed by atoms with Gasteiger partial charge in [0, 0.05) is 27.7 Å². The van der Waals surface area contributed by atoms with E-state index >= 15 is 0 Å². The Morgan fingerprint density at radius 2 is 1.69 bits per heavy atom. The minimum Gasteiger partial charge on any atom is -0.351 e. The Hall–Kier alpha value is -3.35. The van der Waals surface area contributed by atoms with Crippen molar-refractivity contribution in [1.82, 2.24) is 15.2 Å². The number of aromatic amines is 1. The Morgan fingerprint density at radius 3 is 2.34 bits per heavy atom. The Morgan fingerprint density at radius 1 is 0.971 bits per heavy atom. The molecule has 2 N–H and O–H groups in total. The number of carbonyl (C=O) groups is 2. The third-order valence-corrected chi connectivity index (χ3v) is 6.72. The number of nitrogens with one attached hydrogen (secondary N) is 2. The number of carbonyl (C=O) groups excluding carboxylic acids is 2. The monoisotopic (exact) mass is 505 g/mol. The van der Waals surface area contributed by atoms with Crippen LogP contribution in [0.15, 0.2) is 84.2 Å². The van der Waals surface area contributed by atoms with Gasteiger partial charge in [0.25, 0.3) is 5.91 Å². The van der Waals surface area contributed by atoms with Crippen LogP contribution in [0, 0.1) is 0 Å². The first-order valence-corrected chi connectivity index (χ1v) is 12.6. The lowest BCUT2D eigenvalue weighted by Gasteiger charge is -2.33. The van der Waals surface area contributed by atoms with E-state index in [4.69, 9.17) is 11.6 Å². The number of nitrogens with zero attached hydrogens (tertiary/aromatic N) is 1. The van der Waals surface area contributed by atoms with Crippen molar-refractivity contribution in [3.05, 3.63) is 105 Å². The summed E-state index contributed by atoms with van der Waals surface area (Å²) in [5.41, 5.74) is 2.52. The first-order valence-electron chi connectivity index (χ1n) is 11.4. The van der Waals surface area contributed by atoms with Gasteiger partial charge in [0.2, 0.25) is 5.91 Å². The third kappa shape index (κ3) is 6.02. The molecule has 0 bridgehead atoms. The molecule has 1 atom stereocenters. The van der Waals surface area contributed by atoms with Gasteiger partial charge in [-0.2, -0.15) is 0 Å². The molecule has 0 saturated heterocycles. The van der Waals surface area contributed by atoms with Gasteiger partial charge in [-0.15, -0.1) is 11.3 Å². The SMILES string of the molecule is CC(C)(C)NC(=O)C(c1cccs1)N(Cc1ccccc1Cl)C(=O)c1ccc(-c2ccccc2)[nH]1. The summed E-state index contributed by atoms with van der Waals surface area (Å²) in [7, 11) is 0. The highest BCUT2D eigenvalue weighted by Crippen LogP contribution is 2.31. The number of aromatic nitrogens is 1. The van der Waals surface area contributed by atoms with Gasteiger partial charge in [-0.3, -0.25) is 9.59 Å². The maximum atomic E-state index is 14.0. The highest BCUT2D eigenvalue weighted by Gasteiger charge is 2.35. The second-order valence-electron chi connectivity index (χ2n) is 9.33. The molecule has 0 aliphatic carbocycles. The number of amides is 2. The van der Waals surface area contributed by atoms with Gasteiger partial charge in [0.15, 0.2) is 0 Å². The fraction of sp³-hybridized carbons (Fsp3) is 0.214. The Balaban J connectivity index is 1.76. The summed E-state index contributed by atoms with van der Waals surface area (Å²) in [5.74, 6) is -0.523. The highest BCUT2D eigenvalue weighted by atomic mass is 35.5. The maximum absolute atomic E-state index is 14.0. The lowest BCUT2D eigenvalue weighted by Crippen LogP contribution is -2.49. The van der Waals surface area contributed by atoms with E-state index in [0.29, 0.717) is 10.7 Å². The summed E-state index contributed by atoms with van der Waals surface area (Å²) in [6, 6.07) is 23.8. The molecule has 4 aromatic rings. The van der Waals surface area contributed by atoms with Gasteiger partial charge >= 0.3 is 0 Å². The van der Waals surface area contributed by atoms with E-state index < -0.39 is 11.6 Å². The van der Waals surface area contributed by atoms with Crippen LogP contribution >= 0.6 is 22.9 Å². The molecule has 180 valence electrons. The summed E-state index contributed by atoms with van der Waals surface area (Å²) >= 11 is 7.92. The van der Waals surface area contributed by atoms with E-state index in [0.717, 1.165) is 21.7 Å². The summed E-state index contributed by atoms with van der Waals surface area (Å²) < 4.78 is 0. The number of rotatable bonds is 7. The highest BCUT2D eigenvalue weighted by molar-refractivity contribution is 7.10. The smallest absolute Gasteiger partial charge is 0.271 e. The number of benzene rings is 2. The molecule has 5 nitrogen and oxygen atoms in total. The predicted octanol–water partition coefficient (Wildman–Crippen LogP) is 6.70. The quantitative estimate of drug-likeness (QED) is 0.293. The molecule has 0 spiro atoms. The van der Waals surface area contributed by atoms with Crippen LogP contribution in [0.4, 0.5) is 0 Å². The number of thiophene rings is 1. The average Bonchev–Trinajstić information content (AvgIpc) is 3.52. The second kappa shape index (κ2) is 10.5. The van der Waals surface area contributed by atoms with Crippen molar-refractivity contribution >= 4 is 34.8 Å². The second-order valence-corrected chi connectivity index (χ2v) is 10.7. The molecule has 2 heterocycles. The zero-order valence-electron chi connectivity index (χ0n) is 19.9. The number of hydrogen-bond acceptors (Lipinski definition) is 3. The first-order chi connectivity index (χ1) is 16.7. The van der Waals surface area contributed by atoms with Crippen molar-refractivity contribution < 1.29 is 9.59 Å². The van der Waals surface area contributed by atoms with E-state index in [1.54, 1.807) is 17.0 Å². The largest absolute Gasteiger partial charge is 0.351 e. The Labute approximate surface area is 214 Å². The molecule has 0 aliphatic rings. The van der Waals surface area contributed by atoms with E-state index in [2.05, 4.69) is 10.3 Å². The Bertz CT molecular complexity index is 1290. The normalized spacial score (nSPS) is 12.2. The first kappa shape index (κ1) is 24.8.